The van der Waals surface area contributed by atoms with Crippen LogP contribution in [0.25, 0.3) is 0 Å². The van der Waals surface area contributed by atoms with Crippen LogP contribution in [-0.4, -0.2) is 59.9 Å². The molecule has 2 bridgehead atoms. The van der Waals surface area contributed by atoms with Crippen molar-refractivity contribution >= 4 is 11.8 Å². The van der Waals surface area contributed by atoms with Crippen molar-refractivity contribution in [3.8, 4) is 0 Å². The van der Waals surface area contributed by atoms with E-state index in [1.165, 1.54) is 64.2 Å². The average Bonchev–Trinajstić information content (AvgIpc) is 3.27. The fourth-order valence-corrected chi connectivity index (χ4v) is 7.73. The Morgan fingerprint density at radius 3 is 2.13 bits per heavy atom. The highest BCUT2D eigenvalue weighted by Gasteiger charge is 2.58. The Morgan fingerprint density at radius 2 is 1.55 bits per heavy atom. The lowest BCUT2D eigenvalue weighted by Crippen LogP contribution is -2.63. The summed E-state index contributed by atoms with van der Waals surface area (Å²) in [6.07, 6.45) is 14.6. The molecule has 176 valence electrons. The summed E-state index contributed by atoms with van der Waals surface area (Å²) >= 11 is 0. The van der Waals surface area contributed by atoms with Crippen LogP contribution in [0, 0.1) is 23.7 Å². The van der Waals surface area contributed by atoms with Crippen LogP contribution in [0.5, 0.6) is 0 Å². The first-order valence-electron chi connectivity index (χ1n) is 13.1. The Hall–Kier alpha value is -1.10. The van der Waals surface area contributed by atoms with E-state index >= 15 is 0 Å². The normalized spacial score (nSPS) is 37.5. The number of carbonyl (C=O) groups is 2. The first kappa shape index (κ1) is 23.1. The number of likely N-dealkylation sites (N-methyl/N-ethyl adjacent to an activating group) is 1. The number of nitrogens with one attached hydrogen (secondary N) is 1. The van der Waals surface area contributed by atoms with Crippen LogP contribution in [0.15, 0.2) is 0 Å². The molecule has 5 heteroatoms. The smallest absolute Gasteiger partial charge is 0.236 e. The summed E-state index contributed by atoms with van der Waals surface area (Å²) in [6, 6.07) is 0.712. The van der Waals surface area contributed by atoms with Crippen molar-refractivity contribution in [1.29, 1.82) is 0 Å². The van der Waals surface area contributed by atoms with Crippen LogP contribution in [0.4, 0.5) is 0 Å². The summed E-state index contributed by atoms with van der Waals surface area (Å²) in [4.78, 5) is 30.7. The van der Waals surface area contributed by atoms with E-state index in [4.69, 9.17) is 0 Å². The SMILES string of the molecule is CC1CCCC(C)C1C(=O)NC(C1CCCCC1)C12CCC(CC1)N2CC(=O)N(C)C. The predicted molar refractivity (Wildman–Crippen MR) is 125 cm³/mol. The summed E-state index contributed by atoms with van der Waals surface area (Å²) in [5.41, 5.74) is -0.0187. The van der Waals surface area contributed by atoms with E-state index in [-0.39, 0.29) is 23.4 Å². The van der Waals surface area contributed by atoms with Gasteiger partial charge in [-0.25, -0.2) is 0 Å². The van der Waals surface area contributed by atoms with Gasteiger partial charge in [0.25, 0.3) is 0 Å². The molecule has 1 N–H and O–H groups in total. The molecule has 0 aromatic rings. The highest BCUT2D eigenvalue weighted by Crippen LogP contribution is 2.51. The largest absolute Gasteiger partial charge is 0.351 e. The van der Waals surface area contributed by atoms with Gasteiger partial charge in [-0.3, -0.25) is 14.5 Å². The van der Waals surface area contributed by atoms with Crippen LogP contribution in [-0.2, 0) is 9.59 Å². The predicted octanol–water partition coefficient (Wildman–Crippen LogP) is 4.21. The second-order valence-electron chi connectivity index (χ2n) is 11.5. The molecule has 2 saturated carbocycles. The van der Waals surface area contributed by atoms with Gasteiger partial charge in [-0.2, -0.15) is 0 Å². The molecule has 0 radical (unpaired) electrons. The number of nitrogens with zero attached hydrogens (tertiary/aromatic N) is 2. The van der Waals surface area contributed by atoms with Crippen molar-refractivity contribution in [1.82, 2.24) is 15.1 Å². The Bertz CT molecular complexity index is 639. The van der Waals surface area contributed by atoms with Crippen molar-refractivity contribution in [3.05, 3.63) is 0 Å². The van der Waals surface area contributed by atoms with E-state index in [1.807, 2.05) is 14.1 Å². The molecular weight excluding hydrogens is 386 g/mol. The van der Waals surface area contributed by atoms with Crippen molar-refractivity contribution in [2.24, 2.45) is 23.7 Å². The number of hydrogen-bond donors (Lipinski definition) is 1. The van der Waals surface area contributed by atoms with Crippen molar-refractivity contribution < 1.29 is 9.59 Å². The molecule has 3 atom stereocenters. The third-order valence-electron chi connectivity index (χ3n) is 9.48. The van der Waals surface area contributed by atoms with E-state index in [9.17, 15) is 9.59 Å². The molecular formula is C26H45N3O2. The summed E-state index contributed by atoms with van der Waals surface area (Å²) in [5, 5.41) is 3.70. The maximum absolute atomic E-state index is 13.7. The topological polar surface area (TPSA) is 52.7 Å². The average molecular weight is 432 g/mol. The third kappa shape index (κ3) is 4.41. The Morgan fingerprint density at radius 1 is 0.935 bits per heavy atom. The number of rotatable bonds is 6. The van der Waals surface area contributed by atoms with Crippen LogP contribution < -0.4 is 5.32 Å². The van der Waals surface area contributed by atoms with Crippen molar-refractivity contribution in [2.75, 3.05) is 20.6 Å². The van der Waals surface area contributed by atoms with E-state index in [2.05, 4.69) is 24.1 Å². The number of fused-ring (bicyclic) bond motifs is 2. The van der Waals surface area contributed by atoms with Gasteiger partial charge >= 0.3 is 0 Å². The molecule has 0 aromatic heterocycles. The van der Waals surface area contributed by atoms with Crippen molar-refractivity contribution in [3.63, 3.8) is 0 Å². The van der Waals surface area contributed by atoms with Gasteiger partial charge in [0.2, 0.25) is 11.8 Å². The van der Waals surface area contributed by atoms with Crippen LogP contribution in [0.1, 0.15) is 90.9 Å². The maximum Gasteiger partial charge on any atom is 0.236 e. The number of hydrogen-bond acceptors (Lipinski definition) is 3. The summed E-state index contributed by atoms with van der Waals surface area (Å²) < 4.78 is 0. The first-order valence-corrected chi connectivity index (χ1v) is 13.1. The van der Waals surface area contributed by atoms with Crippen LogP contribution >= 0.6 is 0 Å². The fraction of sp³-hybridized carbons (Fsp3) is 0.923. The van der Waals surface area contributed by atoms with Gasteiger partial charge < -0.3 is 10.2 Å². The first-order chi connectivity index (χ1) is 14.8. The number of carbonyl (C=O) groups excluding carboxylic acids is 2. The van der Waals surface area contributed by atoms with Crippen LogP contribution in [0.2, 0.25) is 0 Å². The quantitative estimate of drug-likeness (QED) is 0.685. The molecule has 0 aromatic carbocycles. The highest BCUT2D eigenvalue weighted by molar-refractivity contribution is 5.80. The van der Waals surface area contributed by atoms with Crippen molar-refractivity contribution in [2.45, 2.75) is 109 Å². The van der Waals surface area contributed by atoms with Gasteiger partial charge in [0, 0.05) is 31.6 Å². The van der Waals surface area contributed by atoms with Gasteiger partial charge in [-0.1, -0.05) is 39.5 Å². The van der Waals surface area contributed by atoms with E-state index in [0.29, 0.717) is 36.2 Å². The summed E-state index contributed by atoms with van der Waals surface area (Å²) in [5.74, 6) is 2.15. The molecule has 31 heavy (non-hydrogen) atoms. The zero-order valence-corrected chi connectivity index (χ0v) is 20.4. The minimum Gasteiger partial charge on any atom is -0.351 e. The third-order valence-corrected chi connectivity index (χ3v) is 9.48. The molecule has 2 amide bonds. The molecule has 0 spiro atoms. The van der Waals surface area contributed by atoms with Crippen LogP contribution in [0.3, 0.4) is 0 Å². The second-order valence-corrected chi connectivity index (χ2v) is 11.5. The van der Waals surface area contributed by atoms with Gasteiger partial charge in [0.1, 0.15) is 0 Å². The Kier molecular flexibility index (Phi) is 7.00. The monoisotopic (exact) mass is 431 g/mol. The van der Waals surface area contributed by atoms with E-state index < -0.39 is 0 Å². The molecule has 3 unspecified atom stereocenters. The molecule has 2 aliphatic heterocycles. The fourth-order valence-electron chi connectivity index (χ4n) is 7.73. The summed E-state index contributed by atoms with van der Waals surface area (Å²) in [6.45, 7) is 5.06. The molecule has 4 rings (SSSR count). The molecule has 2 aliphatic carbocycles. The molecule has 4 fully saturated rings. The lowest BCUT2D eigenvalue weighted by Gasteiger charge is -2.47. The van der Waals surface area contributed by atoms with E-state index in [1.54, 1.807) is 4.90 Å². The molecule has 2 heterocycles. The minimum atomic E-state index is -0.0187. The minimum absolute atomic E-state index is 0.0187. The highest BCUT2D eigenvalue weighted by atomic mass is 16.2. The zero-order chi connectivity index (χ0) is 22.2. The number of amides is 2. The van der Waals surface area contributed by atoms with Gasteiger partial charge in [-0.15, -0.1) is 0 Å². The van der Waals surface area contributed by atoms with E-state index in [0.717, 1.165) is 12.8 Å². The van der Waals surface area contributed by atoms with Gasteiger partial charge in [0.05, 0.1) is 12.6 Å². The molecule has 4 aliphatic rings. The summed E-state index contributed by atoms with van der Waals surface area (Å²) in [7, 11) is 3.72. The lowest BCUT2D eigenvalue weighted by atomic mass is 9.70. The Balaban J connectivity index is 1.60. The maximum atomic E-state index is 13.7. The second kappa shape index (κ2) is 9.41. The molecule has 5 nitrogen and oxygen atoms in total. The lowest BCUT2D eigenvalue weighted by molar-refractivity contribution is -0.133. The standard InChI is InChI=1S/C26H45N3O2/c1-18-9-8-10-19(2)23(18)25(31)27-24(20-11-6-5-7-12-20)26-15-13-21(14-16-26)29(26)17-22(30)28(3)4/h18-21,23-24H,5-17H2,1-4H3,(H,27,31). The Labute approximate surface area is 189 Å². The van der Waals surface area contributed by atoms with Gasteiger partial charge in [-0.05, 0) is 69.1 Å². The van der Waals surface area contributed by atoms with Gasteiger partial charge in [0.15, 0.2) is 0 Å². The zero-order valence-electron chi connectivity index (χ0n) is 20.4. The molecule has 2 saturated heterocycles.